The maximum absolute atomic E-state index is 11.0. The van der Waals surface area contributed by atoms with Crippen molar-refractivity contribution in [3.05, 3.63) is 0 Å². The van der Waals surface area contributed by atoms with Gasteiger partial charge in [0.15, 0.2) is 0 Å². The Balaban J connectivity index is 4.84. The Morgan fingerprint density at radius 3 is 1.67 bits per heavy atom. The zero-order valence-electron chi connectivity index (χ0n) is 9.73. The molecule has 0 spiro atoms. The molecule has 0 bridgehead atoms. The fourth-order valence-corrected chi connectivity index (χ4v) is 1.83. The first-order chi connectivity index (χ1) is 6.77. The number of carboxylic acids is 2. The van der Waals surface area contributed by atoms with E-state index in [4.69, 9.17) is 10.2 Å². The first-order valence-corrected chi connectivity index (χ1v) is 5.23. The number of carbonyl (C=O) groups is 2. The molecule has 88 valence electrons. The van der Waals surface area contributed by atoms with Gasteiger partial charge in [0.1, 0.15) is 0 Å². The first kappa shape index (κ1) is 13.9. The molecular weight excluding hydrogens is 196 g/mol. The van der Waals surface area contributed by atoms with Crippen LogP contribution in [0.25, 0.3) is 0 Å². The van der Waals surface area contributed by atoms with E-state index in [2.05, 4.69) is 0 Å². The van der Waals surface area contributed by atoms with E-state index in [0.717, 1.165) is 0 Å². The van der Waals surface area contributed by atoms with Crippen LogP contribution in [0.5, 0.6) is 0 Å². The highest BCUT2D eigenvalue weighted by Crippen LogP contribution is 2.27. The lowest BCUT2D eigenvalue weighted by molar-refractivity contribution is -0.156. The summed E-state index contributed by atoms with van der Waals surface area (Å²) in [4.78, 5) is 22.0. The molecule has 4 nitrogen and oxygen atoms in total. The number of rotatable bonds is 6. The van der Waals surface area contributed by atoms with E-state index in [1.165, 1.54) is 0 Å². The van der Waals surface area contributed by atoms with Crippen LogP contribution in [0.15, 0.2) is 0 Å². The minimum atomic E-state index is -1.02. The van der Waals surface area contributed by atoms with Gasteiger partial charge in [-0.3, -0.25) is 9.59 Å². The molecule has 0 aromatic heterocycles. The summed E-state index contributed by atoms with van der Waals surface area (Å²) in [6.07, 6.45) is 0.407. The Bertz CT molecular complexity index is 233. The topological polar surface area (TPSA) is 74.6 Å². The summed E-state index contributed by atoms with van der Waals surface area (Å²) in [5, 5.41) is 18.0. The van der Waals surface area contributed by atoms with Gasteiger partial charge in [-0.05, 0) is 18.3 Å². The van der Waals surface area contributed by atoms with Gasteiger partial charge < -0.3 is 10.2 Å². The van der Waals surface area contributed by atoms with Gasteiger partial charge in [0.05, 0.1) is 11.8 Å². The van der Waals surface area contributed by atoms with Crippen molar-refractivity contribution in [1.29, 1.82) is 0 Å². The Morgan fingerprint density at radius 1 is 1.00 bits per heavy atom. The van der Waals surface area contributed by atoms with E-state index in [1.54, 1.807) is 13.8 Å². The molecule has 2 atom stereocenters. The van der Waals surface area contributed by atoms with Crippen molar-refractivity contribution in [1.82, 2.24) is 0 Å². The normalized spacial score (nSPS) is 15.3. The van der Waals surface area contributed by atoms with Crippen molar-refractivity contribution in [2.24, 2.45) is 23.7 Å². The molecule has 0 rings (SSSR count). The number of hydrogen-bond donors (Lipinski definition) is 2. The molecule has 0 fully saturated rings. The molecule has 2 unspecified atom stereocenters. The Hall–Kier alpha value is -1.06. The Kier molecular flexibility index (Phi) is 5.33. The van der Waals surface area contributed by atoms with Crippen molar-refractivity contribution in [2.45, 2.75) is 34.1 Å². The second-order valence-electron chi connectivity index (χ2n) is 4.68. The molecule has 0 aliphatic heterocycles. The van der Waals surface area contributed by atoms with Crippen molar-refractivity contribution in [2.75, 3.05) is 0 Å². The third-order valence-corrected chi connectivity index (χ3v) is 2.48. The van der Waals surface area contributed by atoms with E-state index in [1.807, 2.05) is 13.8 Å². The molecule has 0 saturated carbocycles. The Morgan fingerprint density at radius 2 is 1.47 bits per heavy atom. The zero-order chi connectivity index (χ0) is 12.2. The average molecular weight is 216 g/mol. The van der Waals surface area contributed by atoms with Gasteiger partial charge in [-0.2, -0.15) is 0 Å². The molecule has 0 aliphatic rings. The minimum absolute atomic E-state index is 0.164. The van der Waals surface area contributed by atoms with Gasteiger partial charge in [-0.25, -0.2) is 0 Å². The molecule has 0 heterocycles. The minimum Gasteiger partial charge on any atom is -0.481 e. The largest absolute Gasteiger partial charge is 0.481 e. The van der Waals surface area contributed by atoms with Crippen LogP contribution < -0.4 is 0 Å². The zero-order valence-corrected chi connectivity index (χ0v) is 9.73. The lowest BCUT2D eigenvalue weighted by atomic mass is 9.79. The fourth-order valence-electron chi connectivity index (χ4n) is 1.83. The second kappa shape index (κ2) is 5.73. The van der Waals surface area contributed by atoms with Gasteiger partial charge in [-0.15, -0.1) is 0 Å². The second-order valence-corrected chi connectivity index (χ2v) is 4.68. The Labute approximate surface area is 90.3 Å². The molecule has 0 radical (unpaired) electrons. The van der Waals surface area contributed by atoms with E-state index < -0.39 is 23.8 Å². The molecular formula is C11H20O4. The standard InChI is InChI=1S/C11H20O4/c1-6(2)5-8(10(12)13)9(7(3)4)11(14)15/h6-9H,5H2,1-4H3,(H,12,13)(H,14,15). The predicted octanol–water partition coefficient (Wildman–Crippen LogP) is 2.09. The molecule has 0 amide bonds. The van der Waals surface area contributed by atoms with Gasteiger partial charge in [0, 0.05) is 0 Å². The predicted molar refractivity (Wildman–Crippen MR) is 56.5 cm³/mol. The summed E-state index contributed by atoms with van der Waals surface area (Å²) >= 11 is 0. The molecule has 0 saturated heterocycles. The summed E-state index contributed by atoms with van der Waals surface area (Å²) in [6, 6.07) is 0. The average Bonchev–Trinajstić information content (AvgIpc) is 2.00. The maximum Gasteiger partial charge on any atom is 0.307 e. The molecule has 4 heteroatoms. The van der Waals surface area contributed by atoms with Crippen LogP contribution in [-0.2, 0) is 9.59 Å². The molecule has 0 aromatic rings. The first-order valence-electron chi connectivity index (χ1n) is 5.23. The lowest BCUT2D eigenvalue weighted by Crippen LogP contribution is -2.34. The van der Waals surface area contributed by atoms with Crippen LogP contribution in [-0.4, -0.2) is 22.2 Å². The van der Waals surface area contributed by atoms with Crippen LogP contribution in [0.4, 0.5) is 0 Å². The molecule has 15 heavy (non-hydrogen) atoms. The van der Waals surface area contributed by atoms with Crippen LogP contribution in [0, 0.1) is 23.7 Å². The molecule has 2 N–H and O–H groups in total. The van der Waals surface area contributed by atoms with Crippen molar-refractivity contribution >= 4 is 11.9 Å². The quantitative estimate of drug-likeness (QED) is 0.713. The van der Waals surface area contributed by atoms with Crippen molar-refractivity contribution in [3.8, 4) is 0 Å². The summed E-state index contributed by atoms with van der Waals surface area (Å²) in [7, 11) is 0. The monoisotopic (exact) mass is 216 g/mol. The van der Waals surface area contributed by atoms with E-state index in [0.29, 0.717) is 6.42 Å². The summed E-state index contributed by atoms with van der Waals surface area (Å²) in [5.41, 5.74) is 0. The SMILES string of the molecule is CC(C)CC(C(=O)O)C(C(=O)O)C(C)C. The van der Waals surface area contributed by atoms with Crippen molar-refractivity contribution in [3.63, 3.8) is 0 Å². The van der Waals surface area contributed by atoms with Crippen LogP contribution in [0.2, 0.25) is 0 Å². The lowest BCUT2D eigenvalue weighted by Gasteiger charge is -2.24. The van der Waals surface area contributed by atoms with E-state index >= 15 is 0 Å². The van der Waals surface area contributed by atoms with Crippen LogP contribution in [0.3, 0.4) is 0 Å². The molecule has 0 aromatic carbocycles. The molecule has 0 aliphatic carbocycles. The van der Waals surface area contributed by atoms with Gasteiger partial charge >= 0.3 is 11.9 Å². The van der Waals surface area contributed by atoms with Crippen molar-refractivity contribution < 1.29 is 19.8 Å². The smallest absolute Gasteiger partial charge is 0.307 e. The third kappa shape index (κ3) is 4.32. The summed E-state index contributed by atoms with van der Waals surface area (Å²) in [6.45, 7) is 7.29. The third-order valence-electron chi connectivity index (χ3n) is 2.48. The number of hydrogen-bond acceptors (Lipinski definition) is 2. The fraction of sp³-hybridized carbons (Fsp3) is 0.818. The van der Waals surface area contributed by atoms with Gasteiger partial charge in [0.25, 0.3) is 0 Å². The van der Waals surface area contributed by atoms with E-state index in [-0.39, 0.29) is 11.8 Å². The van der Waals surface area contributed by atoms with Crippen LogP contribution in [0.1, 0.15) is 34.1 Å². The highest BCUT2D eigenvalue weighted by atomic mass is 16.4. The van der Waals surface area contributed by atoms with Gasteiger partial charge in [-0.1, -0.05) is 27.7 Å². The highest BCUT2D eigenvalue weighted by Gasteiger charge is 2.36. The van der Waals surface area contributed by atoms with E-state index in [9.17, 15) is 9.59 Å². The highest BCUT2D eigenvalue weighted by molar-refractivity contribution is 5.80. The summed E-state index contributed by atoms with van der Waals surface area (Å²) < 4.78 is 0. The maximum atomic E-state index is 11.0. The van der Waals surface area contributed by atoms with Crippen LogP contribution >= 0.6 is 0 Å². The number of carboxylic acid groups (broad SMARTS) is 2. The van der Waals surface area contributed by atoms with Gasteiger partial charge in [0.2, 0.25) is 0 Å². The number of aliphatic carboxylic acids is 2. The summed E-state index contributed by atoms with van der Waals surface area (Å²) in [5.74, 6) is -3.59.